The van der Waals surface area contributed by atoms with Gasteiger partial charge in [0, 0.05) is 26.2 Å². The molecule has 0 radical (unpaired) electrons. The molecule has 5 heteroatoms. The molecule has 1 aromatic carbocycles. The Kier molecular flexibility index (Phi) is 6.58. The first-order valence-electron chi connectivity index (χ1n) is 9.64. The molecule has 0 bridgehead atoms. The van der Waals surface area contributed by atoms with Crippen LogP contribution in [0.2, 0.25) is 0 Å². The molecule has 0 atom stereocenters. The van der Waals surface area contributed by atoms with Crippen molar-refractivity contribution in [2.75, 3.05) is 18.4 Å². The summed E-state index contributed by atoms with van der Waals surface area (Å²) in [7, 11) is 0. The maximum atomic E-state index is 12.5. The highest BCUT2D eigenvalue weighted by atomic mass is 16.2. The first-order valence-corrected chi connectivity index (χ1v) is 9.64. The molecule has 0 spiro atoms. The van der Waals surface area contributed by atoms with Crippen LogP contribution in [0.3, 0.4) is 0 Å². The van der Waals surface area contributed by atoms with Gasteiger partial charge in [-0.25, -0.2) is 4.98 Å². The molecule has 3 rings (SSSR count). The molecule has 27 heavy (non-hydrogen) atoms. The number of piperidine rings is 1. The third-order valence-electron chi connectivity index (χ3n) is 5.14. The predicted octanol–water partition coefficient (Wildman–Crippen LogP) is 3.45. The van der Waals surface area contributed by atoms with E-state index in [9.17, 15) is 9.59 Å². The summed E-state index contributed by atoms with van der Waals surface area (Å²) in [5, 5.41) is 2.73. The molecule has 0 unspecified atom stereocenters. The van der Waals surface area contributed by atoms with Gasteiger partial charge in [0.15, 0.2) is 0 Å². The SMILES string of the molecule is CC(=O)Nc1cc(CCC2CCN(C(=O)Cc3ccccc3)CC2)ccn1. The second-order valence-corrected chi connectivity index (χ2v) is 7.26. The van der Waals surface area contributed by atoms with E-state index in [2.05, 4.69) is 10.3 Å². The number of likely N-dealkylation sites (tertiary alicyclic amines) is 1. The monoisotopic (exact) mass is 365 g/mol. The zero-order valence-electron chi connectivity index (χ0n) is 15.9. The van der Waals surface area contributed by atoms with Crippen LogP contribution in [0.1, 0.15) is 37.3 Å². The van der Waals surface area contributed by atoms with Gasteiger partial charge in [0.1, 0.15) is 5.82 Å². The van der Waals surface area contributed by atoms with Crippen molar-refractivity contribution < 1.29 is 9.59 Å². The van der Waals surface area contributed by atoms with Gasteiger partial charge in [-0.2, -0.15) is 0 Å². The Labute approximate surface area is 160 Å². The van der Waals surface area contributed by atoms with E-state index >= 15 is 0 Å². The number of amides is 2. The molecule has 1 saturated heterocycles. The molecule has 142 valence electrons. The minimum atomic E-state index is -0.104. The molecule has 1 fully saturated rings. The maximum Gasteiger partial charge on any atom is 0.226 e. The number of carbonyl (C=O) groups is 2. The molecule has 2 amide bonds. The Morgan fingerprint density at radius 3 is 2.56 bits per heavy atom. The number of rotatable bonds is 6. The smallest absolute Gasteiger partial charge is 0.226 e. The standard InChI is InChI=1S/C22H27N3O2/c1-17(26)24-21-15-20(9-12-23-21)8-7-18-10-13-25(14-11-18)22(27)16-19-5-3-2-4-6-19/h2-6,9,12,15,18H,7-8,10-11,13-14,16H2,1H3,(H,23,24,26). The lowest BCUT2D eigenvalue weighted by Crippen LogP contribution is -2.39. The molecular formula is C22H27N3O2. The Bertz CT molecular complexity index is 768. The van der Waals surface area contributed by atoms with Gasteiger partial charge in [-0.15, -0.1) is 0 Å². The first-order chi connectivity index (χ1) is 13.1. The van der Waals surface area contributed by atoms with Crippen LogP contribution in [0.4, 0.5) is 5.82 Å². The lowest BCUT2D eigenvalue weighted by molar-refractivity contribution is -0.131. The number of pyridine rings is 1. The summed E-state index contributed by atoms with van der Waals surface area (Å²) in [5.41, 5.74) is 2.27. The molecule has 1 aromatic heterocycles. The number of aryl methyl sites for hydroxylation is 1. The van der Waals surface area contributed by atoms with Crippen LogP contribution in [-0.4, -0.2) is 34.8 Å². The van der Waals surface area contributed by atoms with Crippen molar-refractivity contribution in [1.29, 1.82) is 0 Å². The first kappa shape index (κ1) is 19.1. The average Bonchev–Trinajstić information content (AvgIpc) is 2.67. The minimum Gasteiger partial charge on any atom is -0.342 e. The van der Waals surface area contributed by atoms with E-state index < -0.39 is 0 Å². The summed E-state index contributed by atoms with van der Waals surface area (Å²) in [6.45, 7) is 3.19. The van der Waals surface area contributed by atoms with Gasteiger partial charge in [-0.3, -0.25) is 9.59 Å². The van der Waals surface area contributed by atoms with Crippen molar-refractivity contribution in [2.45, 2.75) is 39.0 Å². The zero-order chi connectivity index (χ0) is 19.1. The maximum absolute atomic E-state index is 12.5. The van der Waals surface area contributed by atoms with Crippen LogP contribution in [0.5, 0.6) is 0 Å². The molecule has 0 aliphatic carbocycles. The fraction of sp³-hybridized carbons (Fsp3) is 0.409. The summed E-state index contributed by atoms with van der Waals surface area (Å²) in [6.07, 6.45) is 6.43. The summed E-state index contributed by atoms with van der Waals surface area (Å²) >= 11 is 0. The molecule has 2 heterocycles. The van der Waals surface area contributed by atoms with Gasteiger partial charge in [0.05, 0.1) is 6.42 Å². The fourth-order valence-electron chi connectivity index (χ4n) is 3.60. The number of nitrogens with zero attached hydrogens (tertiary/aromatic N) is 2. The predicted molar refractivity (Wildman–Crippen MR) is 106 cm³/mol. The molecule has 0 saturated carbocycles. The molecule has 5 nitrogen and oxygen atoms in total. The van der Waals surface area contributed by atoms with E-state index in [1.807, 2.05) is 47.4 Å². The van der Waals surface area contributed by atoms with Crippen LogP contribution in [-0.2, 0) is 22.4 Å². The van der Waals surface area contributed by atoms with Gasteiger partial charge in [0.2, 0.25) is 11.8 Å². The van der Waals surface area contributed by atoms with Crippen LogP contribution in [0.25, 0.3) is 0 Å². The van der Waals surface area contributed by atoms with E-state index in [4.69, 9.17) is 0 Å². The Morgan fingerprint density at radius 2 is 1.85 bits per heavy atom. The fourth-order valence-corrected chi connectivity index (χ4v) is 3.60. The Morgan fingerprint density at radius 1 is 1.11 bits per heavy atom. The second-order valence-electron chi connectivity index (χ2n) is 7.26. The number of carbonyl (C=O) groups excluding carboxylic acids is 2. The van der Waals surface area contributed by atoms with Gasteiger partial charge in [-0.05, 0) is 54.9 Å². The van der Waals surface area contributed by atoms with Crippen molar-refractivity contribution in [3.63, 3.8) is 0 Å². The van der Waals surface area contributed by atoms with Crippen LogP contribution < -0.4 is 5.32 Å². The zero-order valence-corrected chi connectivity index (χ0v) is 15.9. The Balaban J connectivity index is 1.43. The number of aromatic nitrogens is 1. The number of benzene rings is 1. The largest absolute Gasteiger partial charge is 0.342 e. The quantitative estimate of drug-likeness (QED) is 0.853. The van der Waals surface area contributed by atoms with Gasteiger partial charge >= 0.3 is 0 Å². The number of nitrogens with one attached hydrogen (secondary N) is 1. The normalized spacial score (nSPS) is 14.8. The topological polar surface area (TPSA) is 62.3 Å². The molecule has 1 N–H and O–H groups in total. The lowest BCUT2D eigenvalue weighted by Gasteiger charge is -2.32. The summed E-state index contributed by atoms with van der Waals surface area (Å²) < 4.78 is 0. The van der Waals surface area contributed by atoms with Crippen molar-refractivity contribution in [3.8, 4) is 0 Å². The molecular weight excluding hydrogens is 338 g/mol. The molecule has 1 aliphatic heterocycles. The Hall–Kier alpha value is -2.69. The second kappa shape index (κ2) is 9.31. The molecule has 1 aliphatic rings. The van der Waals surface area contributed by atoms with Crippen molar-refractivity contribution in [3.05, 3.63) is 59.8 Å². The number of hydrogen-bond acceptors (Lipinski definition) is 3. The number of anilines is 1. The van der Waals surface area contributed by atoms with E-state index in [0.29, 0.717) is 18.2 Å². The third-order valence-corrected chi connectivity index (χ3v) is 5.14. The van der Waals surface area contributed by atoms with Gasteiger partial charge in [0.25, 0.3) is 0 Å². The van der Waals surface area contributed by atoms with E-state index in [1.54, 1.807) is 6.20 Å². The average molecular weight is 365 g/mol. The van der Waals surface area contributed by atoms with E-state index in [1.165, 1.54) is 12.5 Å². The van der Waals surface area contributed by atoms with Crippen LogP contribution >= 0.6 is 0 Å². The highest BCUT2D eigenvalue weighted by molar-refractivity contribution is 5.87. The summed E-state index contributed by atoms with van der Waals surface area (Å²) in [6, 6.07) is 13.9. The molecule has 2 aromatic rings. The lowest BCUT2D eigenvalue weighted by atomic mass is 9.90. The highest BCUT2D eigenvalue weighted by Crippen LogP contribution is 2.23. The van der Waals surface area contributed by atoms with Gasteiger partial charge < -0.3 is 10.2 Å². The van der Waals surface area contributed by atoms with E-state index in [0.717, 1.165) is 44.3 Å². The van der Waals surface area contributed by atoms with Gasteiger partial charge in [-0.1, -0.05) is 30.3 Å². The van der Waals surface area contributed by atoms with Crippen LogP contribution in [0, 0.1) is 5.92 Å². The summed E-state index contributed by atoms with van der Waals surface area (Å²) in [4.78, 5) is 29.8. The van der Waals surface area contributed by atoms with Crippen LogP contribution in [0.15, 0.2) is 48.7 Å². The van der Waals surface area contributed by atoms with Crippen molar-refractivity contribution in [1.82, 2.24) is 9.88 Å². The van der Waals surface area contributed by atoms with Crippen molar-refractivity contribution >= 4 is 17.6 Å². The van der Waals surface area contributed by atoms with Crippen molar-refractivity contribution in [2.24, 2.45) is 5.92 Å². The third kappa shape index (κ3) is 5.91. The number of hydrogen-bond donors (Lipinski definition) is 1. The minimum absolute atomic E-state index is 0.104. The summed E-state index contributed by atoms with van der Waals surface area (Å²) in [5.74, 6) is 1.38. The van der Waals surface area contributed by atoms with E-state index in [-0.39, 0.29) is 11.8 Å². The highest BCUT2D eigenvalue weighted by Gasteiger charge is 2.22.